The third-order valence-electron chi connectivity index (χ3n) is 4.28. The van der Waals surface area contributed by atoms with Crippen LogP contribution in [0.2, 0.25) is 0 Å². The Morgan fingerprint density at radius 2 is 1.73 bits per heavy atom. The molecule has 3 rings (SSSR count). The zero-order chi connectivity index (χ0) is 15.4. The van der Waals surface area contributed by atoms with Crippen molar-refractivity contribution in [3.05, 3.63) is 71.8 Å². The summed E-state index contributed by atoms with van der Waals surface area (Å²) in [5.41, 5.74) is 2.00. The van der Waals surface area contributed by atoms with Gasteiger partial charge in [-0.05, 0) is 12.5 Å². The van der Waals surface area contributed by atoms with Gasteiger partial charge in [-0.25, -0.2) is 0 Å². The van der Waals surface area contributed by atoms with Gasteiger partial charge in [0, 0.05) is 24.7 Å². The number of Topliss-reactive ketones (excluding diaryl/α,β-unsaturated/α-hetero) is 1. The van der Waals surface area contributed by atoms with Crippen molar-refractivity contribution in [1.82, 2.24) is 4.90 Å². The maximum atomic E-state index is 12.6. The Morgan fingerprint density at radius 3 is 2.41 bits per heavy atom. The van der Waals surface area contributed by atoms with Crippen LogP contribution in [0.25, 0.3) is 0 Å². The van der Waals surface area contributed by atoms with Crippen LogP contribution in [0.4, 0.5) is 0 Å². The van der Waals surface area contributed by atoms with E-state index in [9.17, 15) is 4.79 Å². The molecule has 2 aromatic rings. The highest BCUT2D eigenvalue weighted by Crippen LogP contribution is 2.23. The van der Waals surface area contributed by atoms with Gasteiger partial charge < -0.3 is 4.74 Å². The molecule has 0 amide bonds. The Kier molecular flexibility index (Phi) is 4.66. The second kappa shape index (κ2) is 6.86. The van der Waals surface area contributed by atoms with Gasteiger partial charge >= 0.3 is 0 Å². The van der Waals surface area contributed by atoms with Crippen molar-refractivity contribution >= 4 is 5.78 Å². The van der Waals surface area contributed by atoms with Crippen LogP contribution in [0.3, 0.4) is 0 Å². The SMILES string of the molecule is C[C@@H](c1ccccc1)N1CCOC(C(=O)c2ccccc2)C1. The largest absolute Gasteiger partial charge is 0.367 e. The van der Waals surface area contributed by atoms with Gasteiger partial charge in [-0.1, -0.05) is 60.7 Å². The maximum absolute atomic E-state index is 12.6. The molecule has 0 aliphatic carbocycles. The first-order valence-electron chi connectivity index (χ1n) is 7.75. The molecule has 0 bridgehead atoms. The predicted octanol–water partition coefficient (Wildman–Crippen LogP) is 3.33. The highest BCUT2D eigenvalue weighted by molar-refractivity contribution is 5.99. The number of benzene rings is 2. The standard InChI is InChI=1S/C19H21NO2/c1-15(16-8-4-2-5-9-16)20-12-13-22-18(14-20)19(21)17-10-6-3-7-11-17/h2-11,15,18H,12-14H2,1H3/t15-,18?/m0/s1. The molecule has 0 saturated carbocycles. The fraction of sp³-hybridized carbons (Fsp3) is 0.316. The first-order valence-corrected chi connectivity index (χ1v) is 7.75. The van der Waals surface area contributed by atoms with Gasteiger partial charge in [-0.3, -0.25) is 9.69 Å². The number of nitrogens with zero attached hydrogens (tertiary/aromatic N) is 1. The zero-order valence-electron chi connectivity index (χ0n) is 12.8. The van der Waals surface area contributed by atoms with Crippen molar-refractivity contribution in [2.75, 3.05) is 19.7 Å². The molecule has 1 fully saturated rings. The third-order valence-corrected chi connectivity index (χ3v) is 4.28. The van der Waals surface area contributed by atoms with E-state index in [1.165, 1.54) is 5.56 Å². The van der Waals surface area contributed by atoms with Gasteiger partial charge in [0.15, 0.2) is 5.78 Å². The molecule has 2 atom stereocenters. The molecule has 0 aromatic heterocycles. The van der Waals surface area contributed by atoms with E-state index in [0.717, 1.165) is 12.1 Å². The number of carbonyl (C=O) groups excluding carboxylic acids is 1. The molecule has 0 radical (unpaired) electrons. The highest BCUT2D eigenvalue weighted by Gasteiger charge is 2.29. The molecule has 1 heterocycles. The van der Waals surface area contributed by atoms with Crippen LogP contribution in [0.5, 0.6) is 0 Å². The summed E-state index contributed by atoms with van der Waals surface area (Å²) in [6.45, 7) is 4.28. The van der Waals surface area contributed by atoms with Crippen molar-refractivity contribution in [3.63, 3.8) is 0 Å². The normalized spacial score (nSPS) is 20.5. The maximum Gasteiger partial charge on any atom is 0.192 e. The Hall–Kier alpha value is -1.97. The van der Waals surface area contributed by atoms with Crippen molar-refractivity contribution in [2.24, 2.45) is 0 Å². The lowest BCUT2D eigenvalue weighted by Gasteiger charge is -2.36. The Balaban J connectivity index is 1.70. The number of carbonyl (C=O) groups is 1. The topological polar surface area (TPSA) is 29.5 Å². The number of rotatable bonds is 4. The first kappa shape index (κ1) is 14.9. The molecule has 1 unspecified atom stereocenters. The van der Waals surface area contributed by atoms with E-state index in [-0.39, 0.29) is 17.9 Å². The van der Waals surface area contributed by atoms with E-state index in [1.807, 2.05) is 36.4 Å². The molecule has 1 aliphatic rings. The minimum absolute atomic E-state index is 0.0746. The second-order valence-electron chi connectivity index (χ2n) is 5.67. The summed E-state index contributed by atoms with van der Waals surface area (Å²) < 4.78 is 5.72. The minimum atomic E-state index is -0.373. The Labute approximate surface area is 131 Å². The van der Waals surface area contributed by atoms with Crippen molar-refractivity contribution in [3.8, 4) is 0 Å². The lowest BCUT2D eigenvalue weighted by molar-refractivity contribution is -0.0283. The van der Waals surface area contributed by atoms with Crippen molar-refractivity contribution in [1.29, 1.82) is 0 Å². The molecule has 2 aromatic carbocycles. The lowest BCUT2D eigenvalue weighted by atomic mass is 10.0. The van der Waals surface area contributed by atoms with Gasteiger partial charge in [0.1, 0.15) is 6.10 Å². The van der Waals surface area contributed by atoms with E-state index in [1.54, 1.807) is 0 Å². The zero-order valence-corrected chi connectivity index (χ0v) is 12.8. The Morgan fingerprint density at radius 1 is 1.09 bits per heavy atom. The number of ketones is 1. The molecule has 114 valence electrons. The second-order valence-corrected chi connectivity index (χ2v) is 5.67. The van der Waals surface area contributed by atoms with Crippen molar-refractivity contribution < 1.29 is 9.53 Å². The molecule has 3 heteroatoms. The average Bonchev–Trinajstić information content (AvgIpc) is 2.62. The van der Waals surface area contributed by atoms with E-state index in [0.29, 0.717) is 13.2 Å². The molecule has 1 saturated heterocycles. The van der Waals surface area contributed by atoms with E-state index < -0.39 is 0 Å². The summed E-state index contributed by atoms with van der Waals surface area (Å²) in [5, 5.41) is 0. The van der Waals surface area contributed by atoms with E-state index in [4.69, 9.17) is 4.74 Å². The van der Waals surface area contributed by atoms with Crippen LogP contribution in [-0.4, -0.2) is 36.5 Å². The smallest absolute Gasteiger partial charge is 0.192 e. The molecule has 1 aliphatic heterocycles. The summed E-state index contributed by atoms with van der Waals surface area (Å²) in [6, 6.07) is 20.1. The molecular weight excluding hydrogens is 274 g/mol. The number of ether oxygens (including phenoxy) is 1. The monoisotopic (exact) mass is 295 g/mol. The van der Waals surface area contributed by atoms with Gasteiger partial charge in [-0.15, -0.1) is 0 Å². The molecule has 0 N–H and O–H groups in total. The van der Waals surface area contributed by atoms with Gasteiger partial charge in [-0.2, -0.15) is 0 Å². The fourth-order valence-corrected chi connectivity index (χ4v) is 2.91. The lowest BCUT2D eigenvalue weighted by Crippen LogP contribution is -2.46. The van der Waals surface area contributed by atoms with Gasteiger partial charge in [0.05, 0.1) is 6.61 Å². The molecule has 3 nitrogen and oxygen atoms in total. The summed E-state index contributed by atoms with van der Waals surface area (Å²) in [6.07, 6.45) is -0.373. The van der Waals surface area contributed by atoms with E-state index >= 15 is 0 Å². The molecular formula is C19H21NO2. The summed E-state index contributed by atoms with van der Waals surface area (Å²) >= 11 is 0. The summed E-state index contributed by atoms with van der Waals surface area (Å²) in [7, 11) is 0. The van der Waals surface area contributed by atoms with E-state index in [2.05, 4.69) is 36.1 Å². The predicted molar refractivity (Wildman–Crippen MR) is 86.9 cm³/mol. The highest BCUT2D eigenvalue weighted by atomic mass is 16.5. The quantitative estimate of drug-likeness (QED) is 0.810. The number of hydrogen-bond donors (Lipinski definition) is 0. The minimum Gasteiger partial charge on any atom is -0.367 e. The number of hydrogen-bond acceptors (Lipinski definition) is 3. The van der Waals surface area contributed by atoms with Crippen molar-refractivity contribution in [2.45, 2.75) is 19.1 Å². The van der Waals surface area contributed by atoms with Crippen LogP contribution in [0.15, 0.2) is 60.7 Å². The van der Waals surface area contributed by atoms with Crippen LogP contribution in [0, 0.1) is 0 Å². The summed E-state index contributed by atoms with van der Waals surface area (Å²) in [5.74, 6) is 0.0746. The third kappa shape index (κ3) is 3.26. The molecule has 22 heavy (non-hydrogen) atoms. The van der Waals surface area contributed by atoms with Gasteiger partial charge in [0.2, 0.25) is 0 Å². The Bertz CT molecular complexity index is 612. The fourth-order valence-electron chi connectivity index (χ4n) is 2.91. The van der Waals surface area contributed by atoms with Crippen LogP contribution < -0.4 is 0 Å². The number of morpholine rings is 1. The van der Waals surface area contributed by atoms with Crippen LogP contribution in [0.1, 0.15) is 28.9 Å². The average molecular weight is 295 g/mol. The van der Waals surface area contributed by atoms with Gasteiger partial charge in [0.25, 0.3) is 0 Å². The molecule has 0 spiro atoms. The van der Waals surface area contributed by atoms with Crippen LogP contribution in [-0.2, 0) is 4.74 Å². The first-order chi connectivity index (χ1) is 10.8. The van der Waals surface area contributed by atoms with Crippen LogP contribution >= 0.6 is 0 Å². The summed E-state index contributed by atoms with van der Waals surface area (Å²) in [4.78, 5) is 14.9.